The van der Waals surface area contributed by atoms with Crippen molar-refractivity contribution in [1.82, 2.24) is 4.90 Å². The Bertz CT molecular complexity index is 961. The number of rotatable bonds is 6. The first-order valence-electron chi connectivity index (χ1n) is 9.35. The molecule has 0 aliphatic rings. The zero-order valence-electron chi connectivity index (χ0n) is 15.8. The fraction of sp³-hybridized carbons (Fsp3) is 0.261. The summed E-state index contributed by atoms with van der Waals surface area (Å²) in [5, 5.41) is 22.6. The number of carbonyl (C=O) groups is 1. The van der Waals surface area contributed by atoms with Crippen LogP contribution in [0.2, 0.25) is 0 Å². The predicted octanol–water partition coefficient (Wildman–Crippen LogP) is 4.52. The van der Waals surface area contributed by atoms with Crippen LogP contribution < -0.4 is 0 Å². The summed E-state index contributed by atoms with van der Waals surface area (Å²) < 4.78 is 0. The van der Waals surface area contributed by atoms with Gasteiger partial charge in [-0.25, -0.2) is 0 Å². The molecule has 0 atom stereocenters. The van der Waals surface area contributed by atoms with Gasteiger partial charge in [0.2, 0.25) is 0 Å². The molecule has 4 heteroatoms. The van der Waals surface area contributed by atoms with Crippen LogP contribution in [0.15, 0.2) is 54.6 Å². The van der Waals surface area contributed by atoms with Crippen molar-refractivity contribution in [2.24, 2.45) is 0 Å². The molecule has 3 rings (SSSR count). The summed E-state index contributed by atoms with van der Waals surface area (Å²) in [6.07, 6.45) is 1.27. The summed E-state index contributed by atoms with van der Waals surface area (Å²) in [6.45, 7) is 4.96. The van der Waals surface area contributed by atoms with Gasteiger partial charge in [-0.3, -0.25) is 4.79 Å². The third kappa shape index (κ3) is 4.05. The van der Waals surface area contributed by atoms with Crippen LogP contribution in [-0.4, -0.2) is 34.1 Å². The van der Waals surface area contributed by atoms with E-state index in [4.69, 9.17) is 0 Å². The predicted molar refractivity (Wildman–Crippen MR) is 108 cm³/mol. The number of phenols is 2. The normalized spacial score (nSPS) is 10.9. The number of aromatic hydroxyl groups is 2. The molecule has 0 radical (unpaired) electrons. The van der Waals surface area contributed by atoms with Crippen LogP contribution in [0.1, 0.15) is 35.3 Å². The molecule has 1 amide bonds. The molecule has 4 nitrogen and oxygen atoms in total. The number of hydrogen-bond donors (Lipinski definition) is 2. The second-order valence-electron chi connectivity index (χ2n) is 6.66. The van der Waals surface area contributed by atoms with E-state index in [1.54, 1.807) is 11.0 Å². The molecule has 2 N–H and O–H groups in total. The molecule has 0 aliphatic heterocycles. The quantitative estimate of drug-likeness (QED) is 0.677. The van der Waals surface area contributed by atoms with E-state index in [-0.39, 0.29) is 23.0 Å². The lowest BCUT2D eigenvalue weighted by Gasteiger charge is -2.21. The van der Waals surface area contributed by atoms with Crippen LogP contribution in [0.5, 0.6) is 11.5 Å². The van der Waals surface area contributed by atoms with Crippen LogP contribution in [0.25, 0.3) is 10.8 Å². The number of phenolic OH excluding ortho intramolecular Hbond substituents is 2. The number of aryl methyl sites for hydroxylation is 2. The molecule has 0 saturated carbocycles. The molecule has 0 unspecified atom stereocenters. The van der Waals surface area contributed by atoms with E-state index in [1.807, 2.05) is 26.0 Å². The number of benzene rings is 3. The van der Waals surface area contributed by atoms with Gasteiger partial charge in [0.15, 0.2) is 0 Å². The van der Waals surface area contributed by atoms with Gasteiger partial charge in [-0.15, -0.1) is 0 Å². The van der Waals surface area contributed by atoms with E-state index in [2.05, 4.69) is 30.3 Å². The molecule has 0 aliphatic carbocycles. The van der Waals surface area contributed by atoms with Crippen molar-refractivity contribution >= 4 is 16.7 Å². The molecule has 3 aromatic rings. The lowest BCUT2D eigenvalue weighted by Crippen LogP contribution is -2.31. The third-order valence-electron chi connectivity index (χ3n) is 4.95. The second-order valence-corrected chi connectivity index (χ2v) is 6.66. The minimum atomic E-state index is -0.203. The number of nitrogens with zero attached hydrogens (tertiary/aromatic N) is 1. The Hall–Kier alpha value is -3.01. The smallest absolute Gasteiger partial charge is 0.257 e. The Kier molecular flexibility index (Phi) is 5.65. The van der Waals surface area contributed by atoms with Crippen LogP contribution in [0.3, 0.4) is 0 Å². The topological polar surface area (TPSA) is 60.8 Å². The summed E-state index contributed by atoms with van der Waals surface area (Å²) >= 11 is 0. The average molecular weight is 363 g/mol. The van der Waals surface area contributed by atoms with Gasteiger partial charge in [0.05, 0.1) is 5.56 Å². The third-order valence-corrected chi connectivity index (χ3v) is 4.95. The monoisotopic (exact) mass is 363 g/mol. The number of carbonyl (C=O) groups excluding carboxylic acids is 1. The SMILES string of the molecule is CCN(CC)C(=O)c1c(O)cc(O)cc1CCc1ccc2ccccc2c1. The van der Waals surface area contributed by atoms with E-state index >= 15 is 0 Å². The minimum Gasteiger partial charge on any atom is -0.508 e. The van der Waals surface area contributed by atoms with Crippen LogP contribution in [0, 0.1) is 0 Å². The van der Waals surface area contributed by atoms with Crippen molar-refractivity contribution in [3.63, 3.8) is 0 Å². The molecular formula is C23H25NO3. The van der Waals surface area contributed by atoms with Gasteiger partial charge in [-0.05, 0) is 54.7 Å². The van der Waals surface area contributed by atoms with Gasteiger partial charge in [0, 0.05) is 19.2 Å². The Labute approximate surface area is 159 Å². The molecule has 27 heavy (non-hydrogen) atoms. The van der Waals surface area contributed by atoms with Crippen molar-refractivity contribution in [3.8, 4) is 11.5 Å². The summed E-state index contributed by atoms with van der Waals surface area (Å²) in [5.41, 5.74) is 2.10. The maximum Gasteiger partial charge on any atom is 0.257 e. The van der Waals surface area contributed by atoms with Gasteiger partial charge in [0.25, 0.3) is 5.91 Å². The first kappa shape index (κ1) is 18.8. The largest absolute Gasteiger partial charge is 0.508 e. The molecule has 0 aromatic heterocycles. The highest BCUT2D eigenvalue weighted by molar-refractivity contribution is 5.98. The minimum absolute atomic E-state index is 0.0305. The van der Waals surface area contributed by atoms with Crippen molar-refractivity contribution < 1.29 is 15.0 Å². The van der Waals surface area contributed by atoms with Crippen LogP contribution >= 0.6 is 0 Å². The lowest BCUT2D eigenvalue weighted by atomic mass is 9.96. The fourth-order valence-electron chi connectivity index (χ4n) is 3.46. The second kappa shape index (κ2) is 8.12. The zero-order valence-corrected chi connectivity index (χ0v) is 15.8. The highest BCUT2D eigenvalue weighted by atomic mass is 16.3. The van der Waals surface area contributed by atoms with Gasteiger partial charge in [-0.2, -0.15) is 0 Å². The van der Waals surface area contributed by atoms with E-state index in [1.165, 1.54) is 16.8 Å². The molecule has 140 valence electrons. The van der Waals surface area contributed by atoms with Crippen molar-refractivity contribution in [2.75, 3.05) is 13.1 Å². The molecule has 0 heterocycles. The van der Waals surface area contributed by atoms with Crippen LogP contribution in [0.4, 0.5) is 0 Å². The first-order valence-corrected chi connectivity index (χ1v) is 9.35. The first-order chi connectivity index (χ1) is 13.0. The summed E-state index contributed by atoms with van der Waals surface area (Å²) in [4.78, 5) is 14.5. The summed E-state index contributed by atoms with van der Waals surface area (Å²) in [5.74, 6) is -0.400. The van der Waals surface area contributed by atoms with Crippen molar-refractivity contribution in [1.29, 1.82) is 0 Å². The molecular weight excluding hydrogens is 338 g/mol. The van der Waals surface area contributed by atoms with E-state index in [9.17, 15) is 15.0 Å². The molecule has 3 aromatic carbocycles. The molecule has 0 spiro atoms. The number of hydrogen-bond acceptors (Lipinski definition) is 3. The zero-order chi connectivity index (χ0) is 19.4. The van der Waals surface area contributed by atoms with Crippen LogP contribution in [-0.2, 0) is 12.8 Å². The van der Waals surface area contributed by atoms with Gasteiger partial charge < -0.3 is 15.1 Å². The summed E-state index contributed by atoms with van der Waals surface area (Å²) in [6, 6.07) is 17.3. The maximum absolute atomic E-state index is 12.8. The molecule has 0 saturated heterocycles. The highest BCUT2D eigenvalue weighted by Gasteiger charge is 2.21. The van der Waals surface area contributed by atoms with E-state index < -0.39 is 0 Å². The van der Waals surface area contributed by atoms with Gasteiger partial charge >= 0.3 is 0 Å². The Morgan fingerprint density at radius 2 is 1.59 bits per heavy atom. The highest BCUT2D eigenvalue weighted by Crippen LogP contribution is 2.30. The number of amides is 1. The molecule has 0 fully saturated rings. The molecule has 0 bridgehead atoms. The van der Waals surface area contributed by atoms with Gasteiger partial charge in [-0.1, -0.05) is 42.5 Å². The number of fused-ring (bicyclic) bond motifs is 1. The Morgan fingerprint density at radius 3 is 2.30 bits per heavy atom. The van der Waals surface area contributed by atoms with Crippen molar-refractivity contribution in [2.45, 2.75) is 26.7 Å². The van der Waals surface area contributed by atoms with E-state index in [0.717, 1.165) is 5.56 Å². The van der Waals surface area contributed by atoms with E-state index in [0.29, 0.717) is 31.5 Å². The fourth-order valence-corrected chi connectivity index (χ4v) is 3.46. The standard InChI is InChI=1S/C23H25NO3/c1-3-24(4-2)23(27)22-19(14-20(25)15-21(22)26)12-10-16-9-11-17-7-5-6-8-18(17)13-16/h5-9,11,13-15,25-26H,3-4,10,12H2,1-2H3. The Balaban J connectivity index is 1.90. The van der Waals surface area contributed by atoms with Crippen molar-refractivity contribution in [3.05, 3.63) is 71.3 Å². The lowest BCUT2D eigenvalue weighted by molar-refractivity contribution is 0.0769. The Morgan fingerprint density at radius 1 is 0.889 bits per heavy atom. The summed E-state index contributed by atoms with van der Waals surface area (Å²) in [7, 11) is 0. The maximum atomic E-state index is 12.8. The van der Waals surface area contributed by atoms with Gasteiger partial charge in [0.1, 0.15) is 11.5 Å². The average Bonchev–Trinajstić information content (AvgIpc) is 2.66.